The molecule has 1 fully saturated rings. The smallest absolute Gasteiger partial charge is 0.326 e. The van der Waals surface area contributed by atoms with Crippen LogP contribution in [0.15, 0.2) is 0 Å². The third kappa shape index (κ3) is 1.38. The predicted molar refractivity (Wildman–Crippen MR) is 42.3 cm³/mol. The molecular weight excluding hydrogens is 142 g/mol. The SMILES string of the molecule is CCNC1(C(=O)OC)CCC1. The first-order valence-electron chi connectivity index (χ1n) is 4.08. The third-order valence-electron chi connectivity index (χ3n) is 2.30. The molecule has 1 saturated carbocycles. The molecule has 0 aliphatic heterocycles. The van der Waals surface area contributed by atoms with Gasteiger partial charge in [0, 0.05) is 0 Å². The highest BCUT2D eigenvalue weighted by molar-refractivity contribution is 5.81. The molecule has 0 spiro atoms. The molecule has 64 valence electrons. The van der Waals surface area contributed by atoms with Gasteiger partial charge in [0.2, 0.25) is 0 Å². The first-order chi connectivity index (χ1) is 5.25. The van der Waals surface area contributed by atoms with E-state index in [1.54, 1.807) is 0 Å². The van der Waals surface area contributed by atoms with Crippen LogP contribution in [0.1, 0.15) is 26.2 Å². The Morgan fingerprint density at radius 3 is 2.55 bits per heavy atom. The minimum atomic E-state index is -0.330. The van der Waals surface area contributed by atoms with Crippen molar-refractivity contribution in [2.75, 3.05) is 13.7 Å². The van der Waals surface area contributed by atoms with Crippen LogP contribution in [0.4, 0.5) is 0 Å². The summed E-state index contributed by atoms with van der Waals surface area (Å²) in [7, 11) is 1.44. The molecule has 0 bridgehead atoms. The summed E-state index contributed by atoms with van der Waals surface area (Å²) in [5.74, 6) is -0.106. The Kier molecular flexibility index (Phi) is 2.49. The highest BCUT2D eigenvalue weighted by Gasteiger charge is 2.44. The van der Waals surface area contributed by atoms with E-state index in [-0.39, 0.29) is 11.5 Å². The zero-order chi connectivity index (χ0) is 8.32. The first-order valence-corrected chi connectivity index (χ1v) is 4.08. The highest BCUT2D eigenvalue weighted by Crippen LogP contribution is 2.32. The molecule has 0 unspecified atom stereocenters. The summed E-state index contributed by atoms with van der Waals surface area (Å²) < 4.78 is 4.71. The van der Waals surface area contributed by atoms with Crippen LogP contribution >= 0.6 is 0 Å². The number of esters is 1. The van der Waals surface area contributed by atoms with Gasteiger partial charge in [0.15, 0.2) is 0 Å². The molecule has 11 heavy (non-hydrogen) atoms. The maximum atomic E-state index is 11.2. The Hall–Kier alpha value is -0.570. The number of hydrogen-bond acceptors (Lipinski definition) is 3. The Morgan fingerprint density at radius 1 is 1.64 bits per heavy atom. The van der Waals surface area contributed by atoms with Gasteiger partial charge >= 0.3 is 5.97 Å². The van der Waals surface area contributed by atoms with Gasteiger partial charge in [-0.25, -0.2) is 0 Å². The van der Waals surface area contributed by atoms with Crippen molar-refractivity contribution in [2.24, 2.45) is 0 Å². The molecule has 1 rings (SSSR count). The lowest BCUT2D eigenvalue weighted by molar-refractivity contribution is -0.152. The average molecular weight is 157 g/mol. The minimum absolute atomic E-state index is 0.106. The summed E-state index contributed by atoms with van der Waals surface area (Å²) in [6, 6.07) is 0. The Morgan fingerprint density at radius 2 is 2.27 bits per heavy atom. The van der Waals surface area contributed by atoms with Crippen molar-refractivity contribution in [2.45, 2.75) is 31.7 Å². The number of methoxy groups -OCH3 is 1. The molecular formula is C8H15NO2. The summed E-state index contributed by atoms with van der Waals surface area (Å²) in [4.78, 5) is 11.2. The lowest BCUT2D eigenvalue weighted by Crippen LogP contribution is -2.57. The molecule has 0 aromatic rings. The van der Waals surface area contributed by atoms with Crippen LogP contribution in [0.3, 0.4) is 0 Å². The van der Waals surface area contributed by atoms with E-state index in [2.05, 4.69) is 5.32 Å². The maximum Gasteiger partial charge on any atom is 0.326 e. The van der Waals surface area contributed by atoms with E-state index < -0.39 is 0 Å². The number of ether oxygens (including phenoxy) is 1. The van der Waals surface area contributed by atoms with Gasteiger partial charge in [-0.1, -0.05) is 6.92 Å². The van der Waals surface area contributed by atoms with Crippen LogP contribution in [-0.4, -0.2) is 25.2 Å². The average Bonchev–Trinajstić information content (AvgIpc) is 1.95. The molecule has 0 atom stereocenters. The van der Waals surface area contributed by atoms with Gasteiger partial charge in [-0.3, -0.25) is 4.79 Å². The van der Waals surface area contributed by atoms with Gasteiger partial charge in [-0.2, -0.15) is 0 Å². The quantitative estimate of drug-likeness (QED) is 0.612. The van der Waals surface area contributed by atoms with Crippen molar-refractivity contribution in [1.29, 1.82) is 0 Å². The van der Waals surface area contributed by atoms with E-state index in [0.29, 0.717) is 0 Å². The summed E-state index contributed by atoms with van der Waals surface area (Å²) in [5, 5.41) is 3.17. The maximum absolute atomic E-state index is 11.2. The van der Waals surface area contributed by atoms with Crippen LogP contribution in [0.2, 0.25) is 0 Å². The molecule has 3 nitrogen and oxygen atoms in total. The number of hydrogen-bond donors (Lipinski definition) is 1. The molecule has 1 aliphatic carbocycles. The van der Waals surface area contributed by atoms with E-state index in [0.717, 1.165) is 25.8 Å². The molecule has 3 heteroatoms. The van der Waals surface area contributed by atoms with E-state index in [1.807, 2.05) is 6.92 Å². The lowest BCUT2D eigenvalue weighted by Gasteiger charge is -2.39. The van der Waals surface area contributed by atoms with E-state index in [4.69, 9.17) is 4.74 Å². The van der Waals surface area contributed by atoms with Gasteiger partial charge in [-0.05, 0) is 25.8 Å². The van der Waals surface area contributed by atoms with Crippen molar-refractivity contribution < 1.29 is 9.53 Å². The topological polar surface area (TPSA) is 38.3 Å². The normalized spacial score (nSPS) is 20.5. The number of nitrogens with one attached hydrogen (secondary N) is 1. The second kappa shape index (κ2) is 3.22. The Labute approximate surface area is 67.1 Å². The third-order valence-corrected chi connectivity index (χ3v) is 2.30. The zero-order valence-electron chi connectivity index (χ0n) is 7.14. The van der Waals surface area contributed by atoms with Crippen LogP contribution in [-0.2, 0) is 9.53 Å². The van der Waals surface area contributed by atoms with Gasteiger partial charge in [0.1, 0.15) is 5.54 Å². The molecule has 1 aliphatic rings. The predicted octanol–water partition coefficient (Wildman–Crippen LogP) is 0.692. The van der Waals surface area contributed by atoms with Crippen molar-refractivity contribution in [3.63, 3.8) is 0 Å². The lowest BCUT2D eigenvalue weighted by atomic mass is 9.77. The molecule has 0 aromatic heterocycles. The number of likely N-dealkylation sites (N-methyl/N-ethyl adjacent to an activating group) is 1. The van der Waals surface area contributed by atoms with Crippen molar-refractivity contribution in [1.82, 2.24) is 5.32 Å². The summed E-state index contributed by atoms with van der Waals surface area (Å²) in [6.07, 6.45) is 2.98. The van der Waals surface area contributed by atoms with E-state index in [9.17, 15) is 4.79 Å². The minimum Gasteiger partial charge on any atom is -0.468 e. The molecule has 0 radical (unpaired) electrons. The number of carbonyl (C=O) groups excluding carboxylic acids is 1. The van der Waals surface area contributed by atoms with Crippen molar-refractivity contribution >= 4 is 5.97 Å². The monoisotopic (exact) mass is 157 g/mol. The van der Waals surface area contributed by atoms with Crippen LogP contribution in [0.5, 0.6) is 0 Å². The van der Waals surface area contributed by atoms with Gasteiger partial charge in [-0.15, -0.1) is 0 Å². The molecule has 1 N–H and O–H groups in total. The van der Waals surface area contributed by atoms with Gasteiger partial charge in [0.25, 0.3) is 0 Å². The van der Waals surface area contributed by atoms with Crippen molar-refractivity contribution in [3.05, 3.63) is 0 Å². The van der Waals surface area contributed by atoms with Crippen molar-refractivity contribution in [3.8, 4) is 0 Å². The number of rotatable bonds is 3. The summed E-state index contributed by atoms with van der Waals surface area (Å²) in [5.41, 5.74) is -0.330. The molecule has 0 saturated heterocycles. The molecule has 0 amide bonds. The van der Waals surface area contributed by atoms with Gasteiger partial charge < -0.3 is 10.1 Å². The zero-order valence-corrected chi connectivity index (χ0v) is 7.14. The number of carbonyl (C=O) groups is 1. The van der Waals surface area contributed by atoms with E-state index >= 15 is 0 Å². The first kappa shape index (κ1) is 8.53. The van der Waals surface area contributed by atoms with E-state index in [1.165, 1.54) is 7.11 Å². The fourth-order valence-corrected chi connectivity index (χ4v) is 1.52. The second-order valence-electron chi connectivity index (χ2n) is 2.96. The fraction of sp³-hybridized carbons (Fsp3) is 0.875. The Bertz CT molecular complexity index is 152. The standard InChI is InChI=1S/C8H15NO2/c1-3-9-8(5-4-6-8)7(10)11-2/h9H,3-6H2,1-2H3. The summed E-state index contributed by atoms with van der Waals surface area (Å²) >= 11 is 0. The Balaban J connectivity index is 2.52. The molecule has 0 heterocycles. The fourth-order valence-electron chi connectivity index (χ4n) is 1.52. The van der Waals surface area contributed by atoms with Crippen LogP contribution in [0.25, 0.3) is 0 Å². The van der Waals surface area contributed by atoms with Crippen LogP contribution < -0.4 is 5.32 Å². The van der Waals surface area contributed by atoms with Crippen LogP contribution in [0, 0.1) is 0 Å². The largest absolute Gasteiger partial charge is 0.468 e. The molecule has 0 aromatic carbocycles. The second-order valence-corrected chi connectivity index (χ2v) is 2.96. The summed E-state index contributed by atoms with van der Waals surface area (Å²) in [6.45, 7) is 2.83. The van der Waals surface area contributed by atoms with Gasteiger partial charge in [0.05, 0.1) is 7.11 Å². The highest BCUT2D eigenvalue weighted by atomic mass is 16.5.